The van der Waals surface area contributed by atoms with Gasteiger partial charge in [-0.1, -0.05) is 0 Å². The van der Waals surface area contributed by atoms with E-state index in [1.165, 1.54) is 0 Å². The predicted molar refractivity (Wildman–Crippen MR) is 68.8 cm³/mol. The molecule has 1 fully saturated rings. The smallest absolute Gasteiger partial charge is 0.387 e. The fourth-order valence-corrected chi connectivity index (χ4v) is 3.70. The normalized spacial score (nSPS) is 35.9. The van der Waals surface area contributed by atoms with Gasteiger partial charge in [-0.15, -0.1) is 0 Å². The maximum Gasteiger partial charge on any atom is 0.470 e. The van der Waals surface area contributed by atoms with Crippen molar-refractivity contribution in [3.63, 3.8) is 0 Å². The van der Waals surface area contributed by atoms with Crippen molar-refractivity contribution >= 4 is 23.5 Å². The maximum absolute atomic E-state index is 10.9. The van der Waals surface area contributed by atoms with Crippen molar-refractivity contribution < 1.29 is 71.9 Å². The third-order valence-electron chi connectivity index (χ3n) is 2.80. The first-order chi connectivity index (χ1) is 10.5. The molecule has 18 heteroatoms. The van der Waals surface area contributed by atoms with Crippen molar-refractivity contribution in [3.8, 4) is 0 Å². The third kappa shape index (κ3) is 6.50. The van der Waals surface area contributed by atoms with Crippen LogP contribution in [0.4, 0.5) is 0 Å². The van der Waals surface area contributed by atoms with E-state index in [9.17, 15) is 29.0 Å². The van der Waals surface area contributed by atoms with Gasteiger partial charge in [0.15, 0.2) is 0 Å². The molecule has 0 saturated heterocycles. The Morgan fingerprint density at radius 2 is 0.750 bits per heavy atom. The Bertz CT molecular complexity index is 574. The number of aliphatic hydroxyl groups excluding tert-OH is 3. The van der Waals surface area contributed by atoms with E-state index in [0.717, 1.165) is 0 Å². The standard InChI is InChI=1S/C6H15O15P3/c7-1-2(8)5(20-23(13,14)15)6(21-24(16,17)18)3(9)4(1)19-22(10,11)12/h1-9H,(H2,10,11,12)(H2,13,14,15)(H2,16,17,18)/t1-,2+,3+,4-,5-,6-/m0/s1. The molecule has 24 heavy (non-hydrogen) atoms. The molecule has 0 aromatic heterocycles. The summed E-state index contributed by atoms with van der Waals surface area (Å²) in [6, 6.07) is 0. The Balaban J connectivity index is 3.23. The molecular weight excluding hydrogens is 405 g/mol. The first-order valence-corrected chi connectivity index (χ1v) is 10.4. The van der Waals surface area contributed by atoms with Gasteiger partial charge in [-0.3, -0.25) is 13.6 Å². The minimum atomic E-state index is -5.43. The average molecular weight is 420 g/mol. The van der Waals surface area contributed by atoms with Gasteiger partial charge >= 0.3 is 23.5 Å². The fraction of sp³-hybridized carbons (Fsp3) is 1.00. The molecule has 144 valence electrons. The lowest BCUT2D eigenvalue weighted by Gasteiger charge is -2.44. The molecule has 0 bridgehead atoms. The molecule has 0 heterocycles. The van der Waals surface area contributed by atoms with Gasteiger partial charge in [0.2, 0.25) is 0 Å². The lowest BCUT2D eigenvalue weighted by Crippen LogP contribution is -2.65. The molecule has 0 amide bonds. The van der Waals surface area contributed by atoms with Crippen molar-refractivity contribution in [1.29, 1.82) is 0 Å². The molecule has 0 unspecified atom stereocenters. The van der Waals surface area contributed by atoms with Gasteiger partial charge in [-0.05, 0) is 0 Å². The summed E-state index contributed by atoms with van der Waals surface area (Å²) in [4.78, 5) is 52.4. The quantitative estimate of drug-likeness (QED) is 0.189. The molecule has 0 spiro atoms. The number of phosphoric ester groups is 3. The van der Waals surface area contributed by atoms with Gasteiger partial charge < -0.3 is 44.7 Å². The maximum atomic E-state index is 10.9. The second-order valence-corrected chi connectivity index (χ2v) is 8.23. The summed E-state index contributed by atoms with van der Waals surface area (Å²) in [5.41, 5.74) is 0. The molecule has 0 aromatic carbocycles. The summed E-state index contributed by atoms with van der Waals surface area (Å²) in [7, 11) is -16.2. The van der Waals surface area contributed by atoms with Crippen molar-refractivity contribution in [2.45, 2.75) is 36.6 Å². The van der Waals surface area contributed by atoms with E-state index in [0.29, 0.717) is 0 Å². The first kappa shape index (κ1) is 22.3. The van der Waals surface area contributed by atoms with E-state index in [1.807, 2.05) is 0 Å². The lowest BCUT2D eigenvalue weighted by atomic mass is 9.85. The third-order valence-corrected chi connectivity index (χ3v) is 4.35. The van der Waals surface area contributed by atoms with Crippen LogP contribution in [0.1, 0.15) is 0 Å². The van der Waals surface area contributed by atoms with Crippen LogP contribution in [-0.2, 0) is 27.3 Å². The highest BCUT2D eigenvalue weighted by molar-refractivity contribution is 7.46. The van der Waals surface area contributed by atoms with Gasteiger partial charge in [0, 0.05) is 0 Å². The zero-order valence-corrected chi connectivity index (χ0v) is 14.0. The highest BCUT2D eigenvalue weighted by Gasteiger charge is 2.56. The Hall–Kier alpha value is 0.210. The molecular formula is C6H15O15P3. The monoisotopic (exact) mass is 420 g/mol. The predicted octanol–water partition coefficient (Wildman–Crippen LogP) is -3.48. The van der Waals surface area contributed by atoms with Crippen molar-refractivity contribution in [3.05, 3.63) is 0 Å². The Morgan fingerprint density at radius 1 is 0.500 bits per heavy atom. The second-order valence-electron chi connectivity index (χ2n) is 4.65. The number of hydrogen-bond acceptors (Lipinski definition) is 9. The van der Waals surface area contributed by atoms with E-state index in [2.05, 4.69) is 13.6 Å². The number of rotatable bonds is 6. The van der Waals surface area contributed by atoms with Crippen LogP contribution in [0.5, 0.6) is 0 Å². The Kier molecular flexibility index (Phi) is 6.90. The zero-order valence-electron chi connectivity index (χ0n) is 11.3. The highest BCUT2D eigenvalue weighted by atomic mass is 31.2. The average Bonchev–Trinajstić information content (AvgIpc) is 2.32. The van der Waals surface area contributed by atoms with Gasteiger partial charge in [-0.25, -0.2) is 13.7 Å². The summed E-state index contributed by atoms with van der Waals surface area (Å²) < 4.78 is 44.7. The van der Waals surface area contributed by atoms with Gasteiger partial charge in [0.25, 0.3) is 0 Å². The molecule has 1 saturated carbocycles. The second kappa shape index (κ2) is 7.45. The summed E-state index contributed by atoms with van der Waals surface area (Å²) >= 11 is 0. The summed E-state index contributed by atoms with van der Waals surface area (Å²) in [5.74, 6) is 0. The van der Waals surface area contributed by atoms with Crippen LogP contribution in [0.25, 0.3) is 0 Å². The minimum absolute atomic E-state index is 2.32. The van der Waals surface area contributed by atoms with Crippen molar-refractivity contribution in [2.24, 2.45) is 0 Å². The van der Waals surface area contributed by atoms with Gasteiger partial charge in [0.1, 0.15) is 36.6 Å². The number of phosphoric acid groups is 3. The first-order valence-electron chi connectivity index (χ1n) is 5.78. The van der Waals surface area contributed by atoms with Crippen LogP contribution in [-0.4, -0.2) is 81.3 Å². The molecule has 1 aliphatic carbocycles. The number of hydrogen-bond donors (Lipinski definition) is 9. The summed E-state index contributed by atoms with van der Waals surface area (Å²) in [6.45, 7) is 0. The SMILES string of the molecule is O=P(O)(O)O[C@@H]1[C@@H](O)[C@H](OP(=O)(O)O)[C@@H](OP(=O)(O)O)[C@H](O)[C@@H]1O. The molecule has 15 nitrogen and oxygen atoms in total. The molecule has 9 N–H and O–H groups in total. The Labute approximate surface area is 133 Å². The molecule has 0 aliphatic heterocycles. The van der Waals surface area contributed by atoms with Crippen molar-refractivity contribution in [2.75, 3.05) is 0 Å². The zero-order chi connectivity index (χ0) is 19.1. The van der Waals surface area contributed by atoms with E-state index < -0.39 is 60.1 Å². The molecule has 1 rings (SSSR count). The van der Waals surface area contributed by atoms with Crippen LogP contribution in [0.15, 0.2) is 0 Å². The van der Waals surface area contributed by atoms with Crippen molar-refractivity contribution in [1.82, 2.24) is 0 Å². The minimum Gasteiger partial charge on any atom is -0.387 e. The van der Waals surface area contributed by atoms with Crippen LogP contribution in [0, 0.1) is 0 Å². The molecule has 0 radical (unpaired) electrons. The summed E-state index contributed by atoms with van der Waals surface area (Å²) in [5, 5.41) is 29.3. The van der Waals surface area contributed by atoms with Gasteiger partial charge in [-0.2, -0.15) is 0 Å². The van der Waals surface area contributed by atoms with Crippen LogP contribution in [0.2, 0.25) is 0 Å². The fourth-order valence-electron chi connectivity index (χ4n) is 2.01. The van der Waals surface area contributed by atoms with Crippen LogP contribution < -0.4 is 0 Å². The molecule has 6 atom stereocenters. The van der Waals surface area contributed by atoms with E-state index in [1.54, 1.807) is 0 Å². The topological polar surface area (TPSA) is 261 Å². The summed E-state index contributed by atoms with van der Waals surface area (Å²) in [6.07, 6.45) is -14.3. The van der Waals surface area contributed by atoms with Crippen LogP contribution >= 0.6 is 23.5 Å². The van der Waals surface area contributed by atoms with E-state index in [-0.39, 0.29) is 0 Å². The largest absolute Gasteiger partial charge is 0.470 e. The van der Waals surface area contributed by atoms with Gasteiger partial charge in [0.05, 0.1) is 0 Å². The van der Waals surface area contributed by atoms with E-state index in [4.69, 9.17) is 29.4 Å². The number of aliphatic hydroxyl groups is 3. The van der Waals surface area contributed by atoms with Crippen LogP contribution in [0.3, 0.4) is 0 Å². The highest BCUT2D eigenvalue weighted by Crippen LogP contribution is 2.49. The van der Waals surface area contributed by atoms with E-state index >= 15 is 0 Å². The molecule has 0 aromatic rings. The molecule has 1 aliphatic rings. The lowest BCUT2D eigenvalue weighted by molar-refractivity contribution is -0.212. The Morgan fingerprint density at radius 3 is 1.08 bits per heavy atom.